The Labute approximate surface area is 179 Å². The Balaban J connectivity index is 1.72. The highest BCUT2D eigenvalue weighted by Gasteiger charge is 2.29. The maximum atomic E-state index is 13.5. The lowest BCUT2D eigenvalue weighted by molar-refractivity contribution is 0.414. The summed E-state index contributed by atoms with van der Waals surface area (Å²) in [5.74, 6) is 1.32. The van der Waals surface area contributed by atoms with Crippen molar-refractivity contribution in [1.29, 1.82) is 0 Å². The smallest absolute Gasteiger partial charge is 0.266 e. The summed E-state index contributed by atoms with van der Waals surface area (Å²) >= 11 is 0. The molecule has 4 aromatic rings. The number of ether oxygens (including phenoxy) is 1. The van der Waals surface area contributed by atoms with Crippen LogP contribution < -0.4 is 15.7 Å². The molecule has 0 aliphatic carbocycles. The van der Waals surface area contributed by atoms with Crippen LogP contribution in [0.25, 0.3) is 16.6 Å². The Bertz CT molecular complexity index is 1340. The van der Waals surface area contributed by atoms with E-state index in [-0.39, 0.29) is 11.5 Å². The second-order valence-corrected chi connectivity index (χ2v) is 7.61. The predicted octanol–water partition coefficient (Wildman–Crippen LogP) is 3.79. The number of benzene rings is 3. The number of hydrogen-bond acceptors (Lipinski definition) is 5. The van der Waals surface area contributed by atoms with Gasteiger partial charge in [-0.25, -0.2) is 4.98 Å². The van der Waals surface area contributed by atoms with Crippen LogP contribution in [0.3, 0.4) is 0 Å². The number of para-hydroxylation sites is 1. The van der Waals surface area contributed by atoms with Gasteiger partial charge in [-0.05, 0) is 48.9 Å². The number of methoxy groups -OCH3 is 1. The Morgan fingerprint density at radius 3 is 2.48 bits per heavy atom. The van der Waals surface area contributed by atoms with Crippen LogP contribution in [0.2, 0.25) is 0 Å². The molecule has 0 amide bonds. The first kappa shape index (κ1) is 19.1. The van der Waals surface area contributed by atoms with Gasteiger partial charge in [0.1, 0.15) is 11.5 Å². The highest BCUT2D eigenvalue weighted by atomic mass is 16.5. The van der Waals surface area contributed by atoms with Gasteiger partial charge in [-0.2, -0.15) is 5.10 Å². The number of fused-ring (bicyclic) bond motifs is 1. The molecule has 0 saturated carbocycles. The van der Waals surface area contributed by atoms with Crippen LogP contribution >= 0.6 is 0 Å². The van der Waals surface area contributed by atoms with Crippen molar-refractivity contribution in [1.82, 2.24) is 15.0 Å². The Morgan fingerprint density at radius 1 is 1.00 bits per heavy atom. The predicted molar refractivity (Wildman–Crippen MR) is 122 cm³/mol. The van der Waals surface area contributed by atoms with Gasteiger partial charge in [0.15, 0.2) is 5.82 Å². The van der Waals surface area contributed by atoms with E-state index in [1.54, 1.807) is 11.7 Å². The molecular weight excluding hydrogens is 388 g/mol. The third kappa shape index (κ3) is 3.36. The van der Waals surface area contributed by atoms with Gasteiger partial charge in [-0.3, -0.25) is 9.36 Å². The number of hydrazone groups is 1. The quantitative estimate of drug-likeness (QED) is 0.556. The number of rotatable bonds is 4. The van der Waals surface area contributed by atoms with Crippen LogP contribution in [0.1, 0.15) is 22.9 Å². The van der Waals surface area contributed by atoms with E-state index >= 15 is 0 Å². The third-order valence-corrected chi connectivity index (χ3v) is 5.64. The van der Waals surface area contributed by atoms with Crippen LogP contribution in [0, 0.1) is 6.92 Å². The minimum absolute atomic E-state index is 0.0318. The molecule has 6 heteroatoms. The molecule has 1 aliphatic rings. The summed E-state index contributed by atoms with van der Waals surface area (Å²) in [5, 5.41) is 5.15. The first-order valence-corrected chi connectivity index (χ1v) is 10.2. The lowest BCUT2D eigenvalue weighted by Crippen LogP contribution is -2.29. The fourth-order valence-corrected chi connectivity index (χ4v) is 3.95. The van der Waals surface area contributed by atoms with E-state index in [1.165, 1.54) is 0 Å². The SMILES string of the molecule is COc1ccc(C2CNN=C2c2nc3ccccc3c(=O)n2-c2ccc(C)cc2)cc1. The fourth-order valence-electron chi connectivity index (χ4n) is 3.95. The molecule has 5 rings (SSSR count). The molecular formula is C25H22N4O2. The van der Waals surface area contributed by atoms with Gasteiger partial charge in [0, 0.05) is 6.54 Å². The summed E-state index contributed by atoms with van der Waals surface area (Å²) in [6.07, 6.45) is 0. The second-order valence-electron chi connectivity index (χ2n) is 7.61. The van der Waals surface area contributed by atoms with Crippen molar-refractivity contribution in [2.75, 3.05) is 13.7 Å². The zero-order valence-corrected chi connectivity index (χ0v) is 17.4. The van der Waals surface area contributed by atoms with E-state index in [1.807, 2.05) is 79.7 Å². The number of aromatic nitrogens is 2. The lowest BCUT2D eigenvalue weighted by atomic mass is 9.94. The third-order valence-electron chi connectivity index (χ3n) is 5.64. The first-order valence-electron chi connectivity index (χ1n) is 10.2. The molecule has 2 heterocycles. The monoisotopic (exact) mass is 410 g/mol. The molecule has 0 fully saturated rings. The molecule has 0 spiro atoms. The largest absolute Gasteiger partial charge is 0.497 e. The molecule has 1 unspecified atom stereocenters. The minimum Gasteiger partial charge on any atom is -0.497 e. The summed E-state index contributed by atoms with van der Waals surface area (Å²) < 4.78 is 6.96. The molecule has 1 aromatic heterocycles. The van der Waals surface area contributed by atoms with Gasteiger partial charge in [0.25, 0.3) is 5.56 Å². The standard InChI is InChI=1S/C25H22N4O2/c1-16-7-11-18(12-8-16)29-24(27-22-6-4-3-5-20(22)25(29)30)23-21(15-26-28-23)17-9-13-19(31-2)14-10-17/h3-14,21,26H,15H2,1-2H3. The van der Waals surface area contributed by atoms with Crippen molar-refractivity contribution in [3.05, 3.63) is 100 Å². The molecule has 0 radical (unpaired) electrons. The molecule has 1 atom stereocenters. The summed E-state index contributed by atoms with van der Waals surface area (Å²) in [7, 11) is 1.65. The average molecular weight is 410 g/mol. The van der Waals surface area contributed by atoms with Gasteiger partial charge >= 0.3 is 0 Å². The molecule has 0 saturated heterocycles. The van der Waals surface area contributed by atoms with Gasteiger partial charge in [-0.15, -0.1) is 0 Å². The number of aryl methyl sites for hydroxylation is 1. The maximum Gasteiger partial charge on any atom is 0.266 e. The zero-order chi connectivity index (χ0) is 21.4. The van der Waals surface area contributed by atoms with Crippen LogP contribution in [0.15, 0.2) is 82.7 Å². The molecule has 0 bridgehead atoms. The molecule has 31 heavy (non-hydrogen) atoms. The van der Waals surface area contributed by atoms with Gasteiger partial charge in [0.2, 0.25) is 0 Å². The number of nitrogens with zero attached hydrogens (tertiary/aromatic N) is 3. The van der Waals surface area contributed by atoms with Crippen LogP contribution in [-0.2, 0) is 0 Å². The van der Waals surface area contributed by atoms with Crippen molar-refractivity contribution < 1.29 is 4.74 Å². The van der Waals surface area contributed by atoms with Crippen molar-refractivity contribution >= 4 is 16.6 Å². The maximum absolute atomic E-state index is 13.5. The van der Waals surface area contributed by atoms with Gasteiger partial charge in [0.05, 0.1) is 29.6 Å². The highest BCUT2D eigenvalue weighted by molar-refractivity contribution is 6.05. The normalized spacial score (nSPS) is 15.5. The Morgan fingerprint density at radius 2 is 1.74 bits per heavy atom. The average Bonchev–Trinajstić information content (AvgIpc) is 3.30. The summed E-state index contributed by atoms with van der Waals surface area (Å²) in [4.78, 5) is 18.4. The van der Waals surface area contributed by atoms with E-state index in [4.69, 9.17) is 9.72 Å². The van der Waals surface area contributed by atoms with Gasteiger partial charge in [-0.1, -0.05) is 42.0 Å². The van der Waals surface area contributed by atoms with E-state index < -0.39 is 0 Å². The zero-order valence-electron chi connectivity index (χ0n) is 17.4. The van der Waals surface area contributed by atoms with Crippen molar-refractivity contribution in [3.8, 4) is 11.4 Å². The molecule has 1 N–H and O–H groups in total. The Hall–Kier alpha value is -3.93. The molecule has 1 aliphatic heterocycles. The minimum atomic E-state index is -0.104. The lowest BCUT2D eigenvalue weighted by Gasteiger charge is -2.18. The van der Waals surface area contributed by atoms with Crippen molar-refractivity contribution in [2.45, 2.75) is 12.8 Å². The van der Waals surface area contributed by atoms with Crippen LogP contribution in [-0.4, -0.2) is 28.9 Å². The summed E-state index contributed by atoms with van der Waals surface area (Å²) in [6, 6.07) is 23.3. The van der Waals surface area contributed by atoms with Crippen LogP contribution in [0.4, 0.5) is 0 Å². The second kappa shape index (κ2) is 7.72. The molecule has 6 nitrogen and oxygen atoms in total. The van der Waals surface area contributed by atoms with Crippen LogP contribution in [0.5, 0.6) is 5.75 Å². The highest BCUT2D eigenvalue weighted by Crippen LogP contribution is 2.27. The summed E-state index contributed by atoms with van der Waals surface area (Å²) in [5.41, 5.74) is 7.39. The topological polar surface area (TPSA) is 68.5 Å². The number of nitrogens with one attached hydrogen (secondary N) is 1. The van der Waals surface area contributed by atoms with E-state index in [2.05, 4.69) is 10.5 Å². The van der Waals surface area contributed by atoms with E-state index in [0.29, 0.717) is 23.3 Å². The fraction of sp³-hybridized carbons (Fsp3) is 0.160. The van der Waals surface area contributed by atoms with Crippen molar-refractivity contribution in [2.24, 2.45) is 5.10 Å². The van der Waals surface area contributed by atoms with Crippen molar-refractivity contribution in [3.63, 3.8) is 0 Å². The molecule has 154 valence electrons. The molecule has 3 aromatic carbocycles. The van der Waals surface area contributed by atoms with Gasteiger partial charge < -0.3 is 10.2 Å². The summed E-state index contributed by atoms with van der Waals surface area (Å²) in [6.45, 7) is 2.66. The van der Waals surface area contributed by atoms with E-state index in [0.717, 1.165) is 28.3 Å². The Kier molecular flexibility index (Phi) is 4.75. The number of hydrogen-bond donors (Lipinski definition) is 1. The first-order chi connectivity index (χ1) is 15.2. The van der Waals surface area contributed by atoms with E-state index in [9.17, 15) is 4.79 Å².